The largest absolute Gasteiger partial charge is 0.331 e. The zero-order valence-electron chi connectivity index (χ0n) is 11.3. The van der Waals surface area contributed by atoms with Crippen LogP contribution in [-0.2, 0) is 20.1 Å². The maximum atomic E-state index is 11.9. The average Bonchev–Trinajstić information content (AvgIpc) is 2.95. The molecule has 2 rings (SSSR count). The van der Waals surface area contributed by atoms with Crippen molar-refractivity contribution in [3.8, 4) is 0 Å². The second-order valence-electron chi connectivity index (χ2n) is 4.36. The van der Waals surface area contributed by atoms with E-state index in [0.717, 1.165) is 0 Å². The molecule has 7 heteroatoms. The lowest BCUT2D eigenvalue weighted by atomic mass is 10.4. The fourth-order valence-electron chi connectivity index (χ4n) is 1.63. The quantitative estimate of drug-likeness (QED) is 0.923. The summed E-state index contributed by atoms with van der Waals surface area (Å²) >= 11 is 1.70. The molecule has 0 fully saturated rings. The van der Waals surface area contributed by atoms with E-state index in [1.165, 1.54) is 9.75 Å². The lowest BCUT2D eigenvalue weighted by Gasteiger charge is -2.16. The Kier molecular flexibility index (Phi) is 4.16. The molecule has 0 saturated heterocycles. The number of aryl methyl sites for hydroxylation is 2. The number of thiophene rings is 1. The van der Waals surface area contributed by atoms with Gasteiger partial charge in [0, 0.05) is 23.8 Å². The van der Waals surface area contributed by atoms with E-state index in [4.69, 9.17) is 0 Å². The van der Waals surface area contributed by atoms with Crippen LogP contribution in [0.3, 0.4) is 0 Å². The van der Waals surface area contributed by atoms with E-state index < -0.39 is 0 Å². The molecule has 0 atom stereocenters. The normalized spacial score (nSPS) is 10.5. The van der Waals surface area contributed by atoms with Crippen LogP contribution in [0.1, 0.15) is 15.6 Å². The van der Waals surface area contributed by atoms with Crippen LogP contribution in [0, 0.1) is 6.92 Å². The van der Waals surface area contributed by atoms with Gasteiger partial charge in [-0.15, -0.1) is 11.3 Å². The van der Waals surface area contributed by atoms with Gasteiger partial charge in [-0.2, -0.15) is 5.10 Å². The zero-order chi connectivity index (χ0) is 13.8. The van der Waals surface area contributed by atoms with Crippen molar-refractivity contribution in [2.45, 2.75) is 20.0 Å². The van der Waals surface area contributed by atoms with Crippen LogP contribution in [-0.4, -0.2) is 32.7 Å². The summed E-state index contributed by atoms with van der Waals surface area (Å²) < 4.78 is 1.61. The highest BCUT2D eigenvalue weighted by Crippen LogP contribution is 2.16. The average molecular weight is 279 g/mol. The van der Waals surface area contributed by atoms with Crippen molar-refractivity contribution >= 4 is 17.4 Å². The fourth-order valence-corrected chi connectivity index (χ4v) is 2.57. The van der Waals surface area contributed by atoms with Crippen LogP contribution < -0.4 is 5.32 Å². The second-order valence-corrected chi connectivity index (χ2v) is 5.73. The second kappa shape index (κ2) is 5.83. The molecule has 1 N–H and O–H groups in total. The summed E-state index contributed by atoms with van der Waals surface area (Å²) in [5, 5.41) is 6.90. The van der Waals surface area contributed by atoms with Crippen molar-refractivity contribution in [2.75, 3.05) is 7.05 Å². The number of nitrogens with zero attached hydrogens (tertiary/aromatic N) is 4. The number of amides is 2. The number of nitrogens with one attached hydrogen (secondary N) is 1. The van der Waals surface area contributed by atoms with Gasteiger partial charge >= 0.3 is 6.03 Å². The lowest BCUT2D eigenvalue weighted by Crippen LogP contribution is -2.36. The lowest BCUT2D eigenvalue weighted by molar-refractivity contribution is 0.206. The molecule has 0 saturated carbocycles. The van der Waals surface area contributed by atoms with Gasteiger partial charge in [-0.25, -0.2) is 9.78 Å². The fraction of sp³-hybridized carbons (Fsp3) is 0.417. The molecule has 6 nitrogen and oxygen atoms in total. The summed E-state index contributed by atoms with van der Waals surface area (Å²) in [6, 6.07) is 3.98. The Balaban J connectivity index is 1.82. The highest BCUT2D eigenvalue weighted by atomic mass is 32.1. The monoisotopic (exact) mass is 279 g/mol. The molecule has 102 valence electrons. The van der Waals surface area contributed by atoms with Gasteiger partial charge < -0.3 is 10.2 Å². The van der Waals surface area contributed by atoms with Crippen LogP contribution >= 0.6 is 11.3 Å². The molecule has 2 heterocycles. The summed E-state index contributed by atoms with van der Waals surface area (Å²) in [6.07, 6.45) is 1.61. The molecule has 2 amide bonds. The molecule has 0 aliphatic carbocycles. The molecule has 2 aromatic rings. The summed E-state index contributed by atoms with van der Waals surface area (Å²) in [4.78, 5) is 20.0. The van der Waals surface area contributed by atoms with Crippen molar-refractivity contribution < 1.29 is 4.79 Å². The van der Waals surface area contributed by atoms with Gasteiger partial charge in [0.2, 0.25) is 0 Å². The Morgan fingerprint density at radius 1 is 1.53 bits per heavy atom. The first-order valence-electron chi connectivity index (χ1n) is 5.93. The van der Waals surface area contributed by atoms with Crippen molar-refractivity contribution in [2.24, 2.45) is 7.05 Å². The van der Waals surface area contributed by atoms with Gasteiger partial charge in [-0.1, -0.05) is 0 Å². The van der Waals surface area contributed by atoms with Crippen LogP contribution in [0.25, 0.3) is 0 Å². The Bertz CT molecular complexity index is 562. The third-order valence-corrected chi connectivity index (χ3v) is 3.57. The van der Waals surface area contributed by atoms with E-state index in [2.05, 4.69) is 28.4 Å². The van der Waals surface area contributed by atoms with E-state index in [1.807, 2.05) is 6.07 Å². The van der Waals surface area contributed by atoms with E-state index in [0.29, 0.717) is 18.9 Å². The molecule has 0 aliphatic rings. The summed E-state index contributed by atoms with van der Waals surface area (Å²) in [5.74, 6) is 0.608. The maximum absolute atomic E-state index is 11.9. The van der Waals surface area contributed by atoms with Crippen molar-refractivity contribution in [1.82, 2.24) is 25.0 Å². The standard InChI is InChI=1S/C12H17N5OS/c1-9-4-5-10(19-9)7-16(2)12(18)13-6-11-14-8-17(3)15-11/h4-5,8H,6-7H2,1-3H3,(H,13,18). The van der Waals surface area contributed by atoms with Gasteiger partial charge in [0.1, 0.15) is 6.33 Å². The number of aromatic nitrogens is 3. The van der Waals surface area contributed by atoms with Gasteiger partial charge in [0.05, 0.1) is 13.1 Å². The first-order valence-corrected chi connectivity index (χ1v) is 6.75. The van der Waals surface area contributed by atoms with E-state index >= 15 is 0 Å². The minimum Gasteiger partial charge on any atom is -0.331 e. The topological polar surface area (TPSA) is 63.1 Å². The smallest absolute Gasteiger partial charge is 0.317 e. The summed E-state index contributed by atoms with van der Waals surface area (Å²) in [7, 11) is 3.57. The van der Waals surface area contributed by atoms with Crippen LogP contribution in [0.4, 0.5) is 4.79 Å². The molecule has 2 aromatic heterocycles. The van der Waals surface area contributed by atoms with Crippen molar-refractivity contribution in [1.29, 1.82) is 0 Å². The maximum Gasteiger partial charge on any atom is 0.317 e. The minimum atomic E-state index is -0.126. The summed E-state index contributed by atoms with van der Waals surface area (Å²) in [6.45, 7) is 3.01. The Morgan fingerprint density at radius 3 is 2.89 bits per heavy atom. The van der Waals surface area contributed by atoms with Gasteiger partial charge in [-0.05, 0) is 19.1 Å². The number of carbonyl (C=O) groups excluding carboxylic acids is 1. The number of hydrogen-bond donors (Lipinski definition) is 1. The SMILES string of the molecule is Cc1ccc(CN(C)C(=O)NCc2ncn(C)n2)s1. The van der Waals surface area contributed by atoms with Crippen molar-refractivity contribution in [3.05, 3.63) is 34.0 Å². The zero-order valence-corrected chi connectivity index (χ0v) is 12.1. The first kappa shape index (κ1) is 13.5. The van der Waals surface area contributed by atoms with Crippen molar-refractivity contribution in [3.63, 3.8) is 0 Å². The number of rotatable bonds is 4. The van der Waals surface area contributed by atoms with Gasteiger partial charge in [-0.3, -0.25) is 4.68 Å². The van der Waals surface area contributed by atoms with Gasteiger partial charge in [0.15, 0.2) is 5.82 Å². The Labute approximate surface area is 116 Å². The molecule has 0 radical (unpaired) electrons. The van der Waals surface area contributed by atoms with E-state index in [1.54, 1.807) is 41.3 Å². The van der Waals surface area contributed by atoms with Gasteiger partial charge in [0.25, 0.3) is 0 Å². The Morgan fingerprint density at radius 2 is 2.32 bits per heavy atom. The minimum absolute atomic E-state index is 0.126. The predicted octanol–water partition coefficient (Wildman–Crippen LogP) is 1.53. The molecular formula is C12H17N5OS. The van der Waals surface area contributed by atoms with E-state index in [-0.39, 0.29) is 6.03 Å². The molecule has 0 aromatic carbocycles. The summed E-state index contributed by atoms with van der Waals surface area (Å²) in [5.41, 5.74) is 0. The first-order chi connectivity index (χ1) is 9.04. The molecule has 19 heavy (non-hydrogen) atoms. The third-order valence-electron chi connectivity index (χ3n) is 2.58. The molecule has 0 unspecified atom stereocenters. The third kappa shape index (κ3) is 3.78. The number of hydrogen-bond acceptors (Lipinski definition) is 4. The number of carbonyl (C=O) groups is 1. The van der Waals surface area contributed by atoms with Crippen LogP contribution in [0.2, 0.25) is 0 Å². The van der Waals surface area contributed by atoms with Crippen LogP contribution in [0.5, 0.6) is 0 Å². The molecule has 0 aliphatic heterocycles. The molecular weight excluding hydrogens is 262 g/mol. The Hall–Kier alpha value is -1.89. The molecule has 0 spiro atoms. The van der Waals surface area contributed by atoms with Crippen LogP contribution in [0.15, 0.2) is 18.5 Å². The van der Waals surface area contributed by atoms with E-state index in [9.17, 15) is 4.79 Å². The predicted molar refractivity (Wildman–Crippen MR) is 73.8 cm³/mol. The number of urea groups is 1. The highest BCUT2D eigenvalue weighted by molar-refractivity contribution is 7.11. The highest BCUT2D eigenvalue weighted by Gasteiger charge is 2.10. The molecule has 0 bridgehead atoms.